The maximum absolute atomic E-state index is 12.6. The van der Waals surface area contributed by atoms with Crippen molar-refractivity contribution in [3.05, 3.63) is 65.7 Å². The lowest BCUT2D eigenvalue weighted by Gasteiger charge is -2.30. The lowest BCUT2D eigenvalue weighted by atomic mass is 9.97. The second-order valence-corrected chi connectivity index (χ2v) is 9.70. The average molecular weight is 431 g/mol. The lowest BCUT2D eigenvalue weighted by Crippen LogP contribution is -2.43. The van der Waals surface area contributed by atoms with Gasteiger partial charge in [0.05, 0.1) is 12.9 Å². The van der Waals surface area contributed by atoms with E-state index < -0.39 is 10.0 Å². The molecule has 0 aromatic heterocycles. The van der Waals surface area contributed by atoms with Gasteiger partial charge in [-0.15, -0.1) is 0 Å². The number of ether oxygens (including phenoxy) is 1. The molecule has 1 saturated heterocycles. The molecule has 1 fully saturated rings. The van der Waals surface area contributed by atoms with E-state index in [1.165, 1.54) is 0 Å². The molecule has 2 aromatic carbocycles. The Hall–Kier alpha value is -2.38. The van der Waals surface area contributed by atoms with Gasteiger partial charge in [0.2, 0.25) is 15.9 Å². The Morgan fingerprint density at radius 2 is 1.73 bits per heavy atom. The van der Waals surface area contributed by atoms with Crippen molar-refractivity contribution < 1.29 is 17.9 Å². The second-order valence-electron chi connectivity index (χ2n) is 7.61. The summed E-state index contributed by atoms with van der Waals surface area (Å²) >= 11 is 0. The van der Waals surface area contributed by atoms with E-state index in [-0.39, 0.29) is 17.6 Å². The Kier molecular flexibility index (Phi) is 7.87. The normalized spacial score (nSPS) is 15.6. The number of benzene rings is 2. The summed E-state index contributed by atoms with van der Waals surface area (Å²) in [6.45, 7) is 1.21. The zero-order chi connectivity index (χ0) is 21.4. The standard InChI is InChI=1S/C23H30N2O4S/c1-29-22-12-6-5-11-21(22)18-24-23(26)20-13-15-25(16-14-20)30(27,28)17-7-10-19-8-3-2-4-9-19/h2-6,8-9,11-12,20H,7,10,13-18H2,1H3,(H,24,26). The topological polar surface area (TPSA) is 75.7 Å². The zero-order valence-corrected chi connectivity index (χ0v) is 18.2. The minimum Gasteiger partial charge on any atom is -0.496 e. The predicted molar refractivity (Wildman–Crippen MR) is 118 cm³/mol. The van der Waals surface area contributed by atoms with Crippen LogP contribution in [0.2, 0.25) is 0 Å². The number of methoxy groups -OCH3 is 1. The van der Waals surface area contributed by atoms with E-state index in [1.807, 2.05) is 54.6 Å². The van der Waals surface area contributed by atoms with Gasteiger partial charge < -0.3 is 10.1 Å². The number of carbonyl (C=O) groups excluding carboxylic acids is 1. The van der Waals surface area contributed by atoms with Crippen LogP contribution in [-0.2, 0) is 27.8 Å². The third kappa shape index (κ3) is 6.06. The smallest absolute Gasteiger partial charge is 0.223 e. The fourth-order valence-corrected chi connectivity index (χ4v) is 5.34. The Morgan fingerprint density at radius 1 is 1.07 bits per heavy atom. The first-order valence-electron chi connectivity index (χ1n) is 10.4. The van der Waals surface area contributed by atoms with Crippen molar-refractivity contribution in [2.24, 2.45) is 5.92 Å². The molecule has 1 aliphatic rings. The molecule has 0 atom stereocenters. The summed E-state index contributed by atoms with van der Waals surface area (Å²) < 4.78 is 32.1. The van der Waals surface area contributed by atoms with Crippen molar-refractivity contribution in [2.45, 2.75) is 32.2 Å². The number of nitrogens with one attached hydrogen (secondary N) is 1. The molecule has 0 aliphatic carbocycles. The highest BCUT2D eigenvalue weighted by Gasteiger charge is 2.30. The van der Waals surface area contributed by atoms with Gasteiger partial charge in [0, 0.05) is 31.1 Å². The lowest BCUT2D eigenvalue weighted by molar-refractivity contribution is -0.126. The maximum Gasteiger partial charge on any atom is 0.223 e. The SMILES string of the molecule is COc1ccccc1CNC(=O)C1CCN(S(=O)(=O)CCCc2ccccc2)CC1. The van der Waals surface area contributed by atoms with Crippen LogP contribution in [0.4, 0.5) is 0 Å². The molecular weight excluding hydrogens is 400 g/mol. The first-order valence-corrected chi connectivity index (χ1v) is 12.0. The summed E-state index contributed by atoms with van der Waals surface area (Å²) in [5.41, 5.74) is 2.07. The van der Waals surface area contributed by atoms with E-state index in [9.17, 15) is 13.2 Å². The monoisotopic (exact) mass is 430 g/mol. The van der Waals surface area contributed by atoms with Crippen molar-refractivity contribution in [3.8, 4) is 5.75 Å². The highest BCUT2D eigenvalue weighted by molar-refractivity contribution is 7.89. The summed E-state index contributed by atoms with van der Waals surface area (Å²) in [6.07, 6.45) is 2.46. The number of sulfonamides is 1. The summed E-state index contributed by atoms with van der Waals surface area (Å²) in [5, 5.41) is 2.96. The maximum atomic E-state index is 12.6. The molecule has 30 heavy (non-hydrogen) atoms. The molecule has 0 bridgehead atoms. The summed E-state index contributed by atoms with van der Waals surface area (Å²) in [5.74, 6) is 0.707. The van der Waals surface area contributed by atoms with Crippen molar-refractivity contribution >= 4 is 15.9 Å². The van der Waals surface area contributed by atoms with Gasteiger partial charge in [-0.3, -0.25) is 4.79 Å². The van der Waals surface area contributed by atoms with Crippen LogP contribution in [0.5, 0.6) is 5.75 Å². The molecule has 0 unspecified atom stereocenters. The molecule has 0 spiro atoms. The van der Waals surface area contributed by atoms with Crippen molar-refractivity contribution in [3.63, 3.8) is 0 Å². The van der Waals surface area contributed by atoms with Crippen LogP contribution in [0.3, 0.4) is 0 Å². The molecule has 162 valence electrons. The molecule has 1 heterocycles. The Morgan fingerprint density at radius 3 is 2.43 bits per heavy atom. The number of piperidine rings is 1. The molecule has 7 heteroatoms. The predicted octanol–water partition coefficient (Wildman–Crippen LogP) is 2.99. The number of aryl methyl sites for hydroxylation is 1. The highest BCUT2D eigenvalue weighted by Crippen LogP contribution is 2.22. The van der Waals surface area contributed by atoms with Gasteiger partial charge in [-0.1, -0.05) is 48.5 Å². The van der Waals surface area contributed by atoms with E-state index in [0.29, 0.717) is 38.9 Å². The van der Waals surface area contributed by atoms with Gasteiger partial charge in [0.15, 0.2) is 0 Å². The number of rotatable bonds is 9. The van der Waals surface area contributed by atoms with Crippen LogP contribution < -0.4 is 10.1 Å². The molecular formula is C23H30N2O4S. The molecule has 1 N–H and O–H groups in total. The Labute approximate surface area is 179 Å². The number of hydrogen-bond acceptors (Lipinski definition) is 4. The summed E-state index contributed by atoms with van der Waals surface area (Å²) in [6, 6.07) is 17.5. The van der Waals surface area contributed by atoms with Crippen molar-refractivity contribution in [2.75, 3.05) is 26.0 Å². The minimum atomic E-state index is -3.28. The first kappa shape index (κ1) is 22.3. The first-order chi connectivity index (χ1) is 14.5. The highest BCUT2D eigenvalue weighted by atomic mass is 32.2. The third-order valence-corrected chi connectivity index (χ3v) is 7.53. The number of hydrogen-bond donors (Lipinski definition) is 1. The number of para-hydroxylation sites is 1. The fourth-order valence-electron chi connectivity index (χ4n) is 3.80. The van der Waals surface area contributed by atoms with Crippen LogP contribution in [0.15, 0.2) is 54.6 Å². The summed E-state index contributed by atoms with van der Waals surface area (Å²) in [7, 11) is -1.67. The zero-order valence-electron chi connectivity index (χ0n) is 17.4. The molecule has 1 amide bonds. The minimum absolute atomic E-state index is 0.0259. The fraction of sp³-hybridized carbons (Fsp3) is 0.435. The number of amides is 1. The van der Waals surface area contributed by atoms with Crippen molar-refractivity contribution in [1.82, 2.24) is 9.62 Å². The van der Waals surface area contributed by atoms with E-state index in [2.05, 4.69) is 5.32 Å². The molecule has 0 radical (unpaired) electrons. The Balaban J connectivity index is 1.43. The van der Waals surface area contributed by atoms with Gasteiger partial charge in [0.1, 0.15) is 5.75 Å². The molecule has 0 saturated carbocycles. The van der Waals surface area contributed by atoms with Gasteiger partial charge in [-0.25, -0.2) is 12.7 Å². The van der Waals surface area contributed by atoms with E-state index in [0.717, 1.165) is 23.3 Å². The van der Waals surface area contributed by atoms with Crippen LogP contribution in [0.25, 0.3) is 0 Å². The van der Waals surface area contributed by atoms with Gasteiger partial charge in [0.25, 0.3) is 0 Å². The van der Waals surface area contributed by atoms with Crippen LogP contribution >= 0.6 is 0 Å². The van der Waals surface area contributed by atoms with Crippen molar-refractivity contribution in [1.29, 1.82) is 0 Å². The quantitative estimate of drug-likeness (QED) is 0.664. The number of nitrogens with zero attached hydrogens (tertiary/aromatic N) is 1. The molecule has 2 aromatic rings. The van der Waals surface area contributed by atoms with Crippen LogP contribution in [-0.4, -0.2) is 44.6 Å². The van der Waals surface area contributed by atoms with E-state index in [4.69, 9.17) is 4.74 Å². The molecule has 6 nitrogen and oxygen atoms in total. The van der Waals surface area contributed by atoms with E-state index in [1.54, 1.807) is 11.4 Å². The van der Waals surface area contributed by atoms with E-state index >= 15 is 0 Å². The van der Waals surface area contributed by atoms with Crippen LogP contribution in [0, 0.1) is 5.92 Å². The van der Waals surface area contributed by atoms with Crippen LogP contribution in [0.1, 0.15) is 30.4 Å². The number of carbonyl (C=O) groups is 1. The largest absolute Gasteiger partial charge is 0.496 e. The second kappa shape index (κ2) is 10.6. The Bertz CT molecular complexity index is 923. The summed E-state index contributed by atoms with van der Waals surface area (Å²) in [4.78, 5) is 12.5. The van der Waals surface area contributed by atoms with Gasteiger partial charge >= 0.3 is 0 Å². The molecule has 1 aliphatic heterocycles. The molecule has 3 rings (SSSR count). The van der Waals surface area contributed by atoms with Gasteiger partial charge in [-0.2, -0.15) is 0 Å². The van der Waals surface area contributed by atoms with Gasteiger partial charge in [-0.05, 0) is 37.3 Å². The third-order valence-electron chi connectivity index (χ3n) is 5.57. The average Bonchev–Trinajstić information content (AvgIpc) is 2.78.